The molecule has 0 radical (unpaired) electrons. The van der Waals surface area contributed by atoms with E-state index in [1.165, 1.54) is 43.5 Å². The van der Waals surface area contributed by atoms with Gasteiger partial charge in [-0.1, -0.05) is 40.0 Å². The third kappa shape index (κ3) is 3.33. The highest BCUT2D eigenvalue weighted by Gasteiger charge is 2.44. The van der Waals surface area contributed by atoms with Gasteiger partial charge in [-0.25, -0.2) is 0 Å². The van der Waals surface area contributed by atoms with Crippen LogP contribution in [0.4, 0.5) is 0 Å². The molecule has 1 aromatic heterocycles. The highest BCUT2D eigenvalue weighted by molar-refractivity contribution is 7.09. The zero-order valence-corrected chi connectivity index (χ0v) is 14.5. The number of nitrogens with zero attached hydrogens (tertiary/aromatic N) is 2. The Morgan fingerprint density at radius 1 is 1.33 bits per heavy atom. The zero-order valence-electron chi connectivity index (χ0n) is 13.7. The van der Waals surface area contributed by atoms with Crippen molar-refractivity contribution in [1.82, 2.24) is 15.2 Å². The number of hydrogen-bond donors (Lipinski definition) is 1. The van der Waals surface area contributed by atoms with Gasteiger partial charge in [-0.3, -0.25) is 9.88 Å². The first-order valence-corrected chi connectivity index (χ1v) is 9.23. The maximum atomic E-state index is 4.27. The van der Waals surface area contributed by atoms with Gasteiger partial charge in [0.05, 0.1) is 5.51 Å². The minimum atomic E-state index is 0.322. The van der Waals surface area contributed by atoms with Crippen LogP contribution in [0.2, 0.25) is 0 Å². The third-order valence-corrected chi connectivity index (χ3v) is 6.18. The lowest BCUT2D eigenvalue weighted by Crippen LogP contribution is -2.67. The molecule has 1 atom stereocenters. The first-order chi connectivity index (χ1) is 10.00. The minimum absolute atomic E-state index is 0.322. The zero-order chi connectivity index (χ0) is 14.9. The summed E-state index contributed by atoms with van der Waals surface area (Å²) in [5.74, 6) is 0. The Morgan fingerprint density at radius 2 is 2.10 bits per heavy atom. The van der Waals surface area contributed by atoms with Crippen LogP contribution < -0.4 is 5.32 Å². The Labute approximate surface area is 133 Å². The van der Waals surface area contributed by atoms with Crippen molar-refractivity contribution in [2.24, 2.45) is 5.41 Å². The Morgan fingerprint density at radius 3 is 2.71 bits per heavy atom. The summed E-state index contributed by atoms with van der Waals surface area (Å²) in [6.45, 7) is 10.5. The lowest BCUT2D eigenvalue weighted by atomic mass is 9.75. The highest BCUT2D eigenvalue weighted by Crippen LogP contribution is 2.38. The van der Waals surface area contributed by atoms with Gasteiger partial charge in [-0.15, -0.1) is 11.3 Å². The molecule has 2 aliphatic rings. The third-order valence-electron chi connectivity index (χ3n) is 5.41. The maximum absolute atomic E-state index is 4.27. The topological polar surface area (TPSA) is 28.2 Å². The predicted molar refractivity (Wildman–Crippen MR) is 89.6 cm³/mol. The molecule has 1 aromatic rings. The smallest absolute Gasteiger partial charge is 0.0794 e. The number of piperazine rings is 1. The fraction of sp³-hybridized carbons (Fsp3) is 0.824. The van der Waals surface area contributed by atoms with Crippen molar-refractivity contribution >= 4 is 11.3 Å². The molecule has 1 unspecified atom stereocenters. The van der Waals surface area contributed by atoms with Crippen molar-refractivity contribution in [3.05, 3.63) is 16.6 Å². The number of aromatic nitrogens is 1. The van der Waals surface area contributed by atoms with E-state index < -0.39 is 0 Å². The van der Waals surface area contributed by atoms with E-state index in [-0.39, 0.29) is 0 Å². The molecule has 1 spiro atoms. The van der Waals surface area contributed by atoms with Gasteiger partial charge >= 0.3 is 0 Å². The maximum Gasteiger partial charge on any atom is 0.0794 e. The fourth-order valence-electron chi connectivity index (χ4n) is 3.93. The van der Waals surface area contributed by atoms with Crippen LogP contribution in [0, 0.1) is 5.41 Å². The van der Waals surface area contributed by atoms with Gasteiger partial charge in [0.15, 0.2) is 0 Å². The number of nitrogens with one attached hydrogen (secondary N) is 1. The second kappa shape index (κ2) is 5.98. The van der Waals surface area contributed by atoms with Gasteiger partial charge in [0.25, 0.3) is 0 Å². The molecule has 2 heterocycles. The van der Waals surface area contributed by atoms with Gasteiger partial charge in [0, 0.05) is 42.3 Å². The summed E-state index contributed by atoms with van der Waals surface area (Å²) in [6.07, 6.45) is 8.96. The lowest BCUT2D eigenvalue weighted by molar-refractivity contribution is -0.0154. The van der Waals surface area contributed by atoms with Gasteiger partial charge in [-0.2, -0.15) is 0 Å². The van der Waals surface area contributed by atoms with Crippen LogP contribution in [0.25, 0.3) is 0 Å². The van der Waals surface area contributed by atoms with E-state index in [0.29, 0.717) is 17.0 Å². The molecule has 0 amide bonds. The Bertz CT molecular complexity index is 443. The molecule has 4 heteroatoms. The molecule has 3 nitrogen and oxygen atoms in total. The summed E-state index contributed by atoms with van der Waals surface area (Å²) in [6, 6.07) is 0.581. The van der Waals surface area contributed by atoms with Crippen molar-refractivity contribution in [1.29, 1.82) is 0 Å². The van der Waals surface area contributed by atoms with Crippen molar-refractivity contribution in [3.63, 3.8) is 0 Å². The van der Waals surface area contributed by atoms with E-state index in [1.54, 1.807) is 11.3 Å². The predicted octanol–water partition coefficient (Wildman–Crippen LogP) is 3.67. The van der Waals surface area contributed by atoms with Gasteiger partial charge in [0.1, 0.15) is 0 Å². The van der Waals surface area contributed by atoms with Crippen LogP contribution in [0.15, 0.2) is 11.7 Å². The molecule has 1 aliphatic carbocycles. The average molecular weight is 308 g/mol. The Kier molecular flexibility index (Phi) is 4.40. The monoisotopic (exact) mass is 307 g/mol. The fourth-order valence-corrected chi connectivity index (χ4v) is 4.54. The second-order valence-corrected chi connectivity index (χ2v) is 8.90. The molecule has 0 aromatic carbocycles. The molecule has 1 saturated carbocycles. The van der Waals surface area contributed by atoms with Crippen LogP contribution in [0.1, 0.15) is 57.8 Å². The quantitative estimate of drug-likeness (QED) is 0.903. The molecule has 3 rings (SSSR count). The molecule has 1 N–H and O–H groups in total. The van der Waals surface area contributed by atoms with Gasteiger partial charge in [-0.05, 0) is 18.3 Å². The summed E-state index contributed by atoms with van der Waals surface area (Å²) < 4.78 is 0. The SMILES string of the molecule is CC(C)(C)C1CN(Cc2cncs2)C2(CCCCC2)CN1. The molecule has 2 fully saturated rings. The molecule has 1 saturated heterocycles. The summed E-state index contributed by atoms with van der Waals surface area (Å²) in [5.41, 5.74) is 2.68. The van der Waals surface area contributed by atoms with E-state index in [1.807, 2.05) is 5.51 Å². The van der Waals surface area contributed by atoms with Crippen molar-refractivity contribution in [3.8, 4) is 0 Å². The average Bonchev–Trinajstić information content (AvgIpc) is 2.94. The van der Waals surface area contributed by atoms with E-state index in [9.17, 15) is 0 Å². The van der Waals surface area contributed by atoms with Crippen LogP contribution in [-0.4, -0.2) is 34.6 Å². The number of thiazole rings is 1. The standard InChI is InChI=1S/C17H29N3S/c1-16(2,3)15-11-20(10-14-9-18-13-21-14)17(12-19-15)7-5-4-6-8-17/h9,13,15,19H,4-8,10-12H2,1-3H3. The Balaban J connectivity index is 1.79. The summed E-state index contributed by atoms with van der Waals surface area (Å²) in [7, 11) is 0. The largest absolute Gasteiger partial charge is 0.310 e. The van der Waals surface area contributed by atoms with Crippen LogP contribution in [-0.2, 0) is 6.54 Å². The first kappa shape index (κ1) is 15.4. The molecule has 21 heavy (non-hydrogen) atoms. The molecular weight excluding hydrogens is 278 g/mol. The van der Waals surface area contributed by atoms with Crippen LogP contribution >= 0.6 is 11.3 Å². The van der Waals surface area contributed by atoms with Crippen molar-refractivity contribution in [2.45, 2.75) is 71.0 Å². The van der Waals surface area contributed by atoms with Gasteiger partial charge in [0.2, 0.25) is 0 Å². The van der Waals surface area contributed by atoms with Crippen molar-refractivity contribution in [2.75, 3.05) is 13.1 Å². The summed E-state index contributed by atoms with van der Waals surface area (Å²) >= 11 is 1.80. The molecule has 118 valence electrons. The molecule has 1 aliphatic heterocycles. The van der Waals surface area contributed by atoms with E-state index in [4.69, 9.17) is 0 Å². The van der Waals surface area contributed by atoms with Crippen LogP contribution in [0.5, 0.6) is 0 Å². The van der Waals surface area contributed by atoms with Crippen molar-refractivity contribution < 1.29 is 0 Å². The number of rotatable bonds is 2. The molecule has 0 bridgehead atoms. The van der Waals surface area contributed by atoms with E-state index in [2.05, 4.69) is 42.2 Å². The second-order valence-electron chi connectivity index (χ2n) is 7.93. The minimum Gasteiger partial charge on any atom is -0.310 e. The van der Waals surface area contributed by atoms with E-state index in [0.717, 1.165) is 13.1 Å². The van der Waals surface area contributed by atoms with Crippen LogP contribution in [0.3, 0.4) is 0 Å². The highest BCUT2D eigenvalue weighted by atomic mass is 32.1. The van der Waals surface area contributed by atoms with Gasteiger partial charge < -0.3 is 5.32 Å². The van der Waals surface area contributed by atoms with E-state index >= 15 is 0 Å². The summed E-state index contributed by atoms with van der Waals surface area (Å²) in [4.78, 5) is 8.46. The lowest BCUT2D eigenvalue weighted by Gasteiger charge is -2.54. The summed E-state index contributed by atoms with van der Waals surface area (Å²) in [5, 5.41) is 3.88. The first-order valence-electron chi connectivity index (χ1n) is 8.35. The normalized spacial score (nSPS) is 27.1. The Hall–Kier alpha value is -0.450. The number of hydrogen-bond acceptors (Lipinski definition) is 4. The molecular formula is C17H29N3S.